The zero-order valence-corrected chi connectivity index (χ0v) is 15.8. The fraction of sp³-hybridized carbons (Fsp3) is 0.526. The highest BCUT2D eigenvalue weighted by Gasteiger charge is 2.29. The molecule has 0 spiro atoms. The number of carboxylic acids is 1. The maximum Gasteiger partial charge on any atom is 0.339 e. The molecule has 0 aliphatic heterocycles. The van der Waals surface area contributed by atoms with Crippen molar-refractivity contribution in [3.05, 3.63) is 23.9 Å². The van der Waals surface area contributed by atoms with E-state index in [-0.39, 0.29) is 23.6 Å². The molecule has 146 valence electrons. The monoisotopic (exact) mass is 375 g/mol. The van der Waals surface area contributed by atoms with Crippen LogP contribution in [0.15, 0.2) is 18.3 Å². The largest absolute Gasteiger partial charge is 0.496 e. The van der Waals surface area contributed by atoms with Gasteiger partial charge in [0.15, 0.2) is 0 Å². The molecule has 1 aliphatic rings. The van der Waals surface area contributed by atoms with Crippen molar-refractivity contribution >= 4 is 22.8 Å². The Bertz CT molecular complexity index is 852. The minimum atomic E-state index is -1.03. The number of ether oxygens (including phenoxy) is 1. The van der Waals surface area contributed by atoms with E-state index in [4.69, 9.17) is 4.74 Å². The number of carboxylic acid groups (broad SMARTS) is 1. The first kappa shape index (κ1) is 19.2. The normalized spacial score (nSPS) is 21.0. The SMILES string of the molecule is COc1cc2nn(C3CCC(N(C)C(=O)[C@@H](C)O)CC3)cc2cc1C(=O)O. The van der Waals surface area contributed by atoms with E-state index in [1.54, 1.807) is 24.1 Å². The number of carbonyl (C=O) groups excluding carboxylic acids is 1. The van der Waals surface area contributed by atoms with Crippen LogP contribution in [-0.4, -0.2) is 63.1 Å². The molecular formula is C19H25N3O5. The van der Waals surface area contributed by atoms with E-state index < -0.39 is 12.1 Å². The predicted octanol–water partition coefficient (Wildman–Crippen LogP) is 2.07. The molecule has 1 fully saturated rings. The number of carbonyl (C=O) groups is 2. The lowest BCUT2D eigenvalue weighted by molar-refractivity contribution is -0.140. The van der Waals surface area contributed by atoms with Crippen LogP contribution in [0.5, 0.6) is 5.75 Å². The summed E-state index contributed by atoms with van der Waals surface area (Å²) in [5.41, 5.74) is 0.812. The van der Waals surface area contributed by atoms with Crippen LogP contribution < -0.4 is 4.74 Å². The Morgan fingerprint density at radius 1 is 1.30 bits per heavy atom. The number of fused-ring (bicyclic) bond motifs is 1. The van der Waals surface area contributed by atoms with E-state index in [0.29, 0.717) is 11.3 Å². The van der Waals surface area contributed by atoms with E-state index in [1.165, 1.54) is 14.0 Å². The fourth-order valence-electron chi connectivity index (χ4n) is 3.78. The summed E-state index contributed by atoms with van der Waals surface area (Å²) >= 11 is 0. The van der Waals surface area contributed by atoms with Gasteiger partial charge >= 0.3 is 5.97 Å². The summed E-state index contributed by atoms with van der Waals surface area (Å²) in [6, 6.07) is 3.55. The van der Waals surface area contributed by atoms with E-state index >= 15 is 0 Å². The maximum atomic E-state index is 12.0. The third-order valence-electron chi connectivity index (χ3n) is 5.37. The molecule has 27 heavy (non-hydrogen) atoms. The Labute approximate surface area is 157 Å². The lowest BCUT2D eigenvalue weighted by Gasteiger charge is -2.35. The number of likely N-dealkylation sites (N-methyl/N-ethyl adjacent to an activating group) is 1. The number of hydrogen-bond acceptors (Lipinski definition) is 5. The Kier molecular flexibility index (Phi) is 5.36. The topological polar surface area (TPSA) is 105 Å². The molecule has 1 saturated carbocycles. The molecular weight excluding hydrogens is 350 g/mol. The first-order valence-corrected chi connectivity index (χ1v) is 9.06. The molecule has 1 atom stereocenters. The fourth-order valence-corrected chi connectivity index (χ4v) is 3.78. The number of hydrogen-bond donors (Lipinski definition) is 2. The second-order valence-corrected chi connectivity index (χ2v) is 7.11. The lowest BCUT2D eigenvalue weighted by Crippen LogP contribution is -2.43. The van der Waals surface area contributed by atoms with Crippen LogP contribution in [0.1, 0.15) is 49.0 Å². The van der Waals surface area contributed by atoms with Gasteiger partial charge in [0.1, 0.15) is 17.4 Å². The van der Waals surface area contributed by atoms with Crippen LogP contribution in [-0.2, 0) is 4.79 Å². The average Bonchev–Trinajstić information content (AvgIpc) is 3.08. The van der Waals surface area contributed by atoms with Crippen molar-refractivity contribution in [2.45, 2.75) is 50.8 Å². The Hall–Kier alpha value is -2.61. The van der Waals surface area contributed by atoms with E-state index in [0.717, 1.165) is 31.1 Å². The highest BCUT2D eigenvalue weighted by atomic mass is 16.5. The molecule has 2 N–H and O–H groups in total. The standard InChI is InChI=1S/C19H25N3O5/c1-11(23)18(24)21(2)13-4-6-14(7-5-13)22-10-12-8-15(19(25)26)17(27-3)9-16(12)20-22/h8-11,13-14,23H,4-7H2,1-3H3,(H,25,26)/t11-,13?,14?/m1/s1. The molecule has 1 aromatic heterocycles. The van der Waals surface area contributed by atoms with Gasteiger partial charge in [0, 0.05) is 30.7 Å². The number of aliphatic hydroxyl groups is 1. The van der Waals surface area contributed by atoms with Crippen molar-refractivity contribution in [1.29, 1.82) is 0 Å². The van der Waals surface area contributed by atoms with Gasteiger partial charge in [-0.1, -0.05) is 0 Å². The third kappa shape index (κ3) is 3.75. The minimum absolute atomic E-state index is 0.117. The Morgan fingerprint density at radius 2 is 1.96 bits per heavy atom. The van der Waals surface area contributed by atoms with Crippen LogP contribution in [0.3, 0.4) is 0 Å². The number of aliphatic hydroxyl groups excluding tert-OH is 1. The molecule has 8 nitrogen and oxygen atoms in total. The van der Waals surface area contributed by atoms with Gasteiger partial charge in [0.25, 0.3) is 5.91 Å². The molecule has 3 rings (SSSR count). The smallest absolute Gasteiger partial charge is 0.339 e. The zero-order chi connectivity index (χ0) is 19.7. The van der Waals surface area contributed by atoms with Crippen molar-refractivity contribution < 1.29 is 24.5 Å². The van der Waals surface area contributed by atoms with Crippen LogP contribution in [0.4, 0.5) is 0 Å². The predicted molar refractivity (Wildman–Crippen MR) is 99.0 cm³/mol. The van der Waals surface area contributed by atoms with Crippen molar-refractivity contribution in [2.75, 3.05) is 14.2 Å². The summed E-state index contributed by atoms with van der Waals surface area (Å²) in [6.45, 7) is 1.49. The number of benzene rings is 1. The quantitative estimate of drug-likeness (QED) is 0.829. The van der Waals surface area contributed by atoms with Crippen molar-refractivity contribution in [1.82, 2.24) is 14.7 Å². The average molecular weight is 375 g/mol. The second kappa shape index (κ2) is 7.56. The summed E-state index contributed by atoms with van der Waals surface area (Å²) in [7, 11) is 3.18. The summed E-state index contributed by atoms with van der Waals surface area (Å²) in [5, 5.41) is 24.2. The van der Waals surface area contributed by atoms with Gasteiger partial charge in [-0.25, -0.2) is 4.79 Å². The van der Waals surface area contributed by atoms with Gasteiger partial charge in [0.2, 0.25) is 0 Å². The lowest BCUT2D eigenvalue weighted by atomic mass is 9.90. The number of aromatic carboxylic acids is 1. The molecule has 0 unspecified atom stereocenters. The van der Waals surface area contributed by atoms with Crippen molar-refractivity contribution in [2.24, 2.45) is 0 Å². The first-order chi connectivity index (χ1) is 12.8. The molecule has 8 heteroatoms. The number of nitrogens with zero attached hydrogens (tertiary/aromatic N) is 3. The number of rotatable bonds is 5. The molecule has 1 heterocycles. The third-order valence-corrected chi connectivity index (χ3v) is 5.37. The molecule has 1 amide bonds. The van der Waals surface area contributed by atoms with Crippen molar-refractivity contribution in [3.63, 3.8) is 0 Å². The maximum absolute atomic E-state index is 12.0. The zero-order valence-electron chi connectivity index (χ0n) is 15.8. The molecule has 1 aliphatic carbocycles. The van der Waals surface area contributed by atoms with E-state index in [1.807, 2.05) is 10.9 Å². The molecule has 2 aromatic rings. The van der Waals surface area contributed by atoms with Crippen LogP contribution in [0.2, 0.25) is 0 Å². The first-order valence-electron chi connectivity index (χ1n) is 9.06. The second-order valence-electron chi connectivity index (χ2n) is 7.11. The van der Waals surface area contributed by atoms with Crippen molar-refractivity contribution in [3.8, 4) is 5.75 Å². The van der Waals surface area contributed by atoms with Crippen LogP contribution in [0.25, 0.3) is 10.9 Å². The Balaban J connectivity index is 1.75. The van der Waals surface area contributed by atoms with E-state index in [9.17, 15) is 19.8 Å². The van der Waals surface area contributed by atoms with Crippen LogP contribution in [0, 0.1) is 0 Å². The van der Waals surface area contributed by atoms with Gasteiger partial charge in [-0.05, 0) is 38.7 Å². The summed E-state index contributed by atoms with van der Waals surface area (Å²) in [5.74, 6) is -0.994. The highest BCUT2D eigenvalue weighted by Crippen LogP contribution is 2.33. The van der Waals surface area contributed by atoms with Gasteiger partial charge in [-0.3, -0.25) is 9.48 Å². The molecule has 1 aromatic carbocycles. The highest BCUT2D eigenvalue weighted by molar-refractivity contribution is 5.96. The van der Waals surface area contributed by atoms with Gasteiger partial charge in [-0.15, -0.1) is 0 Å². The van der Waals surface area contributed by atoms with Gasteiger partial charge in [-0.2, -0.15) is 5.10 Å². The summed E-state index contributed by atoms with van der Waals surface area (Å²) in [6.07, 6.45) is 4.27. The van der Waals surface area contributed by atoms with Crippen LogP contribution >= 0.6 is 0 Å². The van der Waals surface area contributed by atoms with Gasteiger partial charge in [0.05, 0.1) is 18.7 Å². The molecule has 0 radical (unpaired) electrons. The summed E-state index contributed by atoms with van der Waals surface area (Å²) in [4.78, 5) is 25.0. The number of amides is 1. The van der Waals surface area contributed by atoms with E-state index in [2.05, 4.69) is 5.10 Å². The molecule has 0 bridgehead atoms. The minimum Gasteiger partial charge on any atom is -0.496 e. The number of aromatic nitrogens is 2. The summed E-state index contributed by atoms with van der Waals surface area (Å²) < 4.78 is 7.05. The molecule has 0 saturated heterocycles. The number of methoxy groups -OCH3 is 1. The Morgan fingerprint density at radius 3 is 2.52 bits per heavy atom. The van der Waals surface area contributed by atoms with Gasteiger partial charge < -0.3 is 19.8 Å².